The predicted octanol–water partition coefficient (Wildman–Crippen LogP) is 1.32. The van der Waals surface area contributed by atoms with Gasteiger partial charge in [0.15, 0.2) is 0 Å². The van der Waals surface area contributed by atoms with E-state index in [1.54, 1.807) is 6.92 Å². The first-order chi connectivity index (χ1) is 8.35. The molecule has 1 heterocycles. The Hall–Kier alpha value is -0.760. The summed E-state index contributed by atoms with van der Waals surface area (Å²) in [7, 11) is -3.27. The van der Waals surface area contributed by atoms with Gasteiger partial charge in [0.25, 0.3) is 0 Å². The van der Waals surface area contributed by atoms with E-state index < -0.39 is 10.0 Å². The van der Waals surface area contributed by atoms with Gasteiger partial charge >= 0.3 is 0 Å². The van der Waals surface area contributed by atoms with Crippen LogP contribution in [0.2, 0.25) is 10.0 Å². The van der Waals surface area contributed by atoms with Gasteiger partial charge in [-0.15, -0.1) is 0 Å². The number of aromatic nitrogens is 1. The van der Waals surface area contributed by atoms with Crippen LogP contribution in [0.5, 0.6) is 0 Å². The summed E-state index contributed by atoms with van der Waals surface area (Å²) in [5.41, 5.74) is 5.52. The van der Waals surface area contributed by atoms with Crippen molar-refractivity contribution in [3.05, 3.63) is 16.1 Å². The third kappa shape index (κ3) is 4.49. The van der Waals surface area contributed by atoms with Gasteiger partial charge in [0.2, 0.25) is 10.0 Å². The highest BCUT2D eigenvalue weighted by Crippen LogP contribution is 2.27. The van der Waals surface area contributed by atoms with E-state index in [9.17, 15) is 8.42 Å². The molecule has 0 aliphatic rings. The lowest BCUT2D eigenvalue weighted by atomic mass is 10.4. The number of pyridine rings is 1. The van der Waals surface area contributed by atoms with Crippen LogP contribution in [-0.4, -0.2) is 32.2 Å². The Labute approximate surface area is 116 Å². The number of rotatable bonds is 6. The minimum absolute atomic E-state index is 0.0820. The standard InChI is InChI=1S/C9H14Cl2N4O2S/c1-2-14-18(16,17)4-3-13-9-7(11)5-6(10)8(12)15-9/h5,14H,2-4H2,1H3,(H3,12,13,15). The van der Waals surface area contributed by atoms with Gasteiger partial charge in [-0.05, 0) is 6.07 Å². The fourth-order valence-corrected chi connectivity index (χ4v) is 2.58. The van der Waals surface area contributed by atoms with Gasteiger partial charge in [0.1, 0.15) is 11.6 Å². The monoisotopic (exact) mass is 312 g/mol. The molecule has 0 amide bonds. The van der Waals surface area contributed by atoms with Crippen LogP contribution in [-0.2, 0) is 10.0 Å². The molecular formula is C9H14Cl2N4O2S. The van der Waals surface area contributed by atoms with Gasteiger partial charge in [-0.25, -0.2) is 18.1 Å². The van der Waals surface area contributed by atoms with Crippen molar-refractivity contribution in [1.82, 2.24) is 9.71 Å². The number of sulfonamides is 1. The summed E-state index contributed by atoms with van der Waals surface area (Å²) in [6.45, 7) is 2.24. The third-order valence-electron chi connectivity index (χ3n) is 1.98. The molecule has 0 aromatic carbocycles. The summed E-state index contributed by atoms with van der Waals surface area (Å²) in [6.07, 6.45) is 0. The van der Waals surface area contributed by atoms with Crippen LogP contribution in [0.15, 0.2) is 6.07 Å². The minimum Gasteiger partial charge on any atom is -0.382 e. The quantitative estimate of drug-likeness (QED) is 0.736. The summed E-state index contributed by atoms with van der Waals surface area (Å²) in [5, 5.41) is 3.34. The molecule has 6 nitrogen and oxygen atoms in total. The van der Waals surface area contributed by atoms with E-state index in [0.717, 1.165) is 0 Å². The zero-order valence-electron chi connectivity index (χ0n) is 9.70. The molecule has 0 fully saturated rings. The number of anilines is 2. The Balaban J connectivity index is 2.62. The summed E-state index contributed by atoms with van der Waals surface area (Å²) in [5.74, 6) is 0.366. The number of nitrogens with two attached hydrogens (primary N) is 1. The predicted molar refractivity (Wildman–Crippen MR) is 74.6 cm³/mol. The van der Waals surface area contributed by atoms with Gasteiger partial charge in [-0.1, -0.05) is 30.1 Å². The number of halogens is 2. The molecule has 0 bridgehead atoms. The van der Waals surface area contributed by atoms with Gasteiger partial charge < -0.3 is 11.1 Å². The van der Waals surface area contributed by atoms with Crippen LogP contribution in [0.3, 0.4) is 0 Å². The number of nitrogens with one attached hydrogen (secondary N) is 2. The van der Waals surface area contributed by atoms with Crippen LogP contribution >= 0.6 is 23.2 Å². The summed E-state index contributed by atoms with van der Waals surface area (Å²) in [6, 6.07) is 1.45. The molecule has 0 atom stereocenters. The number of hydrogen-bond acceptors (Lipinski definition) is 5. The van der Waals surface area contributed by atoms with Crippen molar-refractivity contribution >= 4 is 44.9 Å². The molecule has 102 valence electrons. The van der Waals surface area contributed by atoms with Crippen molar-refractivity contribution in [2.45, 2.75) is 6.92 Å². The Kier molecular flexibility index (Phi) is 5.46. The van der Waals surface area contributed by atoms with Gasteiger partial charge in [0, 0.05) is 13.1 Å². The second-order valence-corrected chi connectivity index (χ2v) is 6.17. The van der Waals surface area contributed by atoms with E-state index in [1.165, 1.54) is 6.07 Å². The van der Waals surface area contributed by atoms with Crippen molar-refractivity contribution < 1.29 is 8.42 Å². The van der Waals surface area contributed by atoms with E-state index in [2.05, 4.69) is 15.0 Å². The Morgan fingerprint density at radius 2 is 2.06 bits per heavy atom. The molecule has 9 heteroatoms. The normalized spacial score (nSPS) is 11.5. The second-order valence-electron chi connectivity index (χ2n) is 3.43. The topological polar surface area (TPSA) is 97.1 Å². The molecule has 0 spiro atoms. The maximum atomic E-state index is 11.4. The Bertz CT molecular complexity index is 522. The van der Waals surface area contributed by atoms with Crippen LogP contribution in [0, 0.1) is 0 Å². The van der Waals surface area contributed by atoms with Crippen molar-refractivity contribution in [1.29, 1.82) is 0 Å². The molecule has 1 rings (SSSR count). The third-order valence-corrected chi connectivity index (χ3v) is 4.05. The fraction of sp³-hybridized carbons (Fsp3) is 0.444. The van der Waals surface area contributed by atoms with Gasteiger partial charge in [-0.3, -0.25) is 0 Å². The largest absolute Gasteiger partial charge is 0.382 e. The molecule has 4 N–H and O–H groups in total. The highest BCUT2D eigenvalue weighted by Gasteiger charge is 2.10. The smallest absolute Gasteiger partial charge is 0.213 e. The zero-order valence-corrected chi connectivity index (χ0v) is 12.0. The number of nitrogen functional groups attached to an aromatic ring is 1. The molecule has 0 radical (unpaired) electrons. The lowest BCUT2D eigenvalue weighted by Gasteiger charge is -2.09. The number of nitrogens with zero attached hydrogens (tertiary/aromatic N) is 1. The van der Waals surface area contributed by atoms with E-state index in [-0.39, 0.29) is 28.2 Å². The molecule has 0 aliphatic carbocycles. The average Bonchev–Trinajstić information content (AvgIpc) is 2.25. The Morgan fingerprint density at radius 3 is 2.67 bits per heavy atom. The van der Waals surface area contributed by atoms with Crippen molar-refractivity contribution in [2.75, 3.05) is 29.9 Å². The number of hydrogen-bond donors (Lipinski definition) is 3. The van der Waals surface area contributed by atoms with E-state index in [1.807, 2.05) is 0 Å². The van der Waals surface area contributed by atoms with Gasteiger partial charge in [0.05, 0.1) is 15.8 Å². The van der Waals surface area contributed by atoms with E-state index >= 15 is 0 Å². The van der Waals surface area contributed by atoms with Crippen LogP contribution in [0.4, 0.5) is 11.6 Å². The molecule has 0 saturated heterocycles. The first-order valence-electron chi connectivity index (χ1n) is 5.18. The Morgan fingerprint density at radius 1 is 1.39 bits per heavy atom. The maximum Gasteiger partial charge on any atom is 0.213 e. The SMILES string of the molecule is CCNS(=O)(=O)CCNc1nc(N)c(Cl)cc1Cl. The molecular weight excluding hydrogens is 299 g/mol. The average molecular weight is 313 g/mol. The molecule has 18 heavy (non-hydrogen) atoms. The molecule has 0 unspecified atom stereocenters. The lowest BCUT2D eigenvalue weighted by molar-refractivity contribution is 0.584. The fourth-order valence-electron chi connectivity index (χ4n) is 1.20. The first kappa shape index (κ1) is 15.3. The van der Waals surface area contributed by atoms with E-state index in [4.69, 9.17) is 28.9 Å². The van der Waals surface area contributed by atoms with Crippen LogP contribution in [0.1, 0.15) is 6.92 Å². The molecule has 1 aromatic heterocycles. The maximum absolute atomic E-state index is 11.4. The summed E-state index contributed by atoms with van der Waals surface area (Å²) in [4.78, 5) is 3.93. The minimum atomic E-state index is -3.27. The second kappa shape index (κ2) is 6.42. The molecule has 0 aliphatic heterocycles. The summed E-state index contributed by atoms with van der Waals surface area (Å²) < 4.78 is 25.1. The van der Waals surface area contributed by atoms with Gasteiger partial charge in [-0.2, -0.15) is 0 Å². The molecule has 0 saturated carbocycles. The first-order valence-corrected chi connectivity index (χ1v) is 7.59. The highest BCUT2D eigenvalue weighted by atomic mass is 35.5. The van der Waals surface area contributed by atoms with Crippen LogP contribution in [0.25, 0.3) is 0 Å². The highest BCUT2D eigenvalue weighted by molar-refractivity contribution is 7.89. The summed E-state index contributed by atoms with van der Waals surface area (Å²) >= 11 is 11.6. The van der Waals surface area contributed by atoms with Crippen molar-refractivity contribution in [3.8, 4) is 0 Å². The van der Waals surface area contributed by atoms with Crippen molar-refractivity contribution in [2.24, 2.45) is 0 Å². The van der Waals surface area contributed by atoms with Crippen LogP contribution < -0.4 is 15.8 Å². The lowest BCUT2D eigenvalue weighted by Crippen LogP contribution is -2.29. The van der Waals surface area contributed by atoms with E-state index in [0.29, 0.717) is 12.4 Å². The zero-order chi connectivity index (χ0) is 13.8. The molecule has 1 aromatic rings. The van der Waals surface area contributed by atoms with Crippen molar-refractivity contribution in [3.63, 3.8) is 0 Å².